The standard InChI is InChI=1S/C18H28N4O2/c1-5-18(14-22(8-1)12-15-3-9-23-10-4-15)11-16(13-24-18)21-17-19-6-2-7-20-17/h2,6-7,15-16H,1,3-5,8-14H2,(H,19,20,21)/t16-,18-/m0/s1. The number of nitrogens with one attached hydrogen (secondary N) is 1. The Hall–Kier alpha value is -1.24. The van der Waals surface area contributed by atoms with E-state index in [1.165, 1.54) is 38.8 Å². The van der Waals surface area contributed by atoms with Crippen LogP contribution >= 0.6 is 0 Å². The Morgan fingerprint density at radius 2 is 2.08 bits per heavy atom. The smallest absolute Gasteiger partial charge is 0.222 e. The molecule has 4 heterocycles. The molecule has 1 spiro atoms. The molecule has 0 unspecified atom stereocenters. The third kappa shape index (κ3) is 3.87. The van der Waals surface area contributed by atoms with Gasteiger partial charge >= 0.3 is 0 Å². The molecule has 4 rings (SSSR count). The van der Waals surface area contributed by atoms with Crippen LogP contribution in [0, 0.1) is 5.92 Å². The van der Waals surface area contributed by atoms with Crippen LogP contribution in [0.5, 0.6) is 0 Å². The second-order valence-corrected chi connectivity index (χ2v) is 7.51. The molecule has 2 atom stereocenters. The summed E-state index contributed by atoms with van der Waals surface area (Å²) in [5.41, 5.74) is 0.0237. The molecule has 3 saturated heterocycles. The lowest BCUT2D eigenvalue weighted by Gasteiger charge is -2.41. The van der Waals surface area contributed by atoms with Gasteiger partial charge in [0.1, 0.15) is 0 Å². The Kier molecular flexibility index (Phi) is 4.96. The lowest BCUT2D eigenvalue weighted by Crippen LogP contribution is -2.49. The quantitative estimate of drug-likeness (QED) is 0.909. The first-order valence-corrected chi connectivity index (χ1v) is 9.29. The summed E-state index contributed by atoms with van der Waals surface area (Å²) >= 11 is 0. The van der Waals surface area contributed by atoms with Crippen LogP contribution in [0.25, 0.3) is 0 Å². The van der Waals surface area contributed by atoms with Crippen molar-refractivity contribution >= 4 is 5.95 Å². The van der Waals surface area contributed by atoms with Gasteiger partial charge in [-0.3, -0.25) is 0 Å². The molecular formula is C18H28N4O2. The number of likely N-dealkylation sites (tertiary alicyclic amines) is 1. The minimum atomic E-state index is 0.0237. The molecule has 3 fully saturated rings. The molecule has 3 aliphatic rings. The first kappa shape index (κ1) is 16.2. The van der Waals surface area contributed by atoms with Gasteiger partial charge in [-0.2, -0.15) is 0 Å². The maximum absolute atomic E-state index is 6.30. The van der Waals surface area contributed by atoms with E-state index in [0.29, 0.717) is 12.0 Å². The number of anilines is 1. The minimum absolute atomic E-state index is 0.0237. The van der Waals surface area contributed by atoms with Gasteiger partial charge in [0.15, 0.2) is 0 Å². The fraction of sp³-hybridized carbons (Fsp3) is 0.778. The first-order valence-electron chi connectivity index (χ1n) is 9.29. The number of rotatable bonds is 4. The molecule has 0 bridgehead atoms. The summed E-state index contributed by atoms with van der Waals surface area (Å²) in [6.07, 6.45) is 9.42. The number of piperidine rings is 1. The normalized spacial score (nSPS) is 32.2. The summed E-state index contributed by atoms with van der Waals surface area (Å²) in [5.74, 6) is 1.50. The number of nitrogens with zero attached hydrogens (tertiary/aromatic N) is 3. The fourth-order valence-electron chi connectivity index (χ4n) is 4.42. The SMILES string of the molecule is c1cnc(N[C@@H]2CO[C@@]3(CCCN(CC4CCOCC4)C3)C2)nc1. The Balaban J connectivity index is 1.31. The number of hydrogen-bond donors (Lipinski definition) is 1. The van der Waals surface area contributed by atoms with Gasteiger partial charge in [-0.05, 0) is 44.2 Å². The van der Waals surface area contributed by atoms with Gasteiger partial charge in [0, 0.05) is 45.1 Å². The zero-order valence-corrected chi connectivity index (χ0v) is 14.3. The van der Waals surface area contributed by atoms with Crippen LogP contribution < -0.4 is 5.32 Å². The summed E-state index contributed by atoms with van der Waals surface area (Å²) < 4.78 is 11.8. The van der Waals surface area contributed by atoms with E-state index in [9.17, 15) is 0 Å². The Morgan fingerprint density at radius 3 is 2.92 bits per heavy atom. The molecule has 1 aromatic heterocycles. The lowest BCUT2D eigenvalue weighted by atomic mass is 9.87. The van der Waals surface area contributed by atoms with Crippen molar-refractivity contribution in [1.29, 1.82) is 0 Å². The molecule has 24 heavy (non-hydrogen) atoms. The van der Waals surface area contributed by atoms with Gasteiger partial charge in [0.2, 0.25) is 5.95 Å². The summed E-state index contributed by atoms with van der Waals surface area (Å²) in [6.45, 7) is 6.10. The third-order valence-electron chi connectivity index (χ3n) is 5.58. The third-order valence-corrected chi connectivity index (χ3v) is 5.58. The minimum Gasteiger partial charge on any atom is -0.381 e. The molecule has 3 aliphatic heterocycles. The van der Waals surface area contributed by atoms with Gasteiger partial charge in [-0.15, -0.1) is 0 Å². The highest BCUT2D eigenvalue weighted by molar-refractivity contribution is 5.25. The molecule has 6 heteroatoms. The van der Waals surface area contributed by atoms with Gasteiger partial charge in [0.25, 0.3) is 0 Å². The van der Waals surface area contributed by atoms with Crippen LogP contribution in [0.2, 0.25) is 0 Å². The van der Waals surface area contributed by atoms with Crippen LogP contribution in [-0.4, -0.2) is 66.0 Å². The average molecular weight is 332 g/mol. The fourth-order valence-corrected chi connectivity index (χ4v) is 4.42. The highest BCUT2D eigenvalue weighted by Gasteiger charge is 2.43. The van der Waals surface area contributed by atoms with E-state index in [0.717, 1.165) is 38.7 Å². The van der Waals surface area contributed by atoms with Crippen molar-refractivity contribution in [3.8, 4) is 0 Å². The van der Waals surface area contributed by atoms with E-state index >= 15 is 0 Å². The summed E-state index contributed by atoms with van der Waals surface area (Å²) in [7, 11) is 0. The number of ether oxygens (including phenoxy) is 2. The van der Waals surface area contributed by atoms with Crippen molar-refractivity contribution in [2.45, 2.75) is 43.7 Å². The van der Waals surface area contributed by atoms with E-state index < -0.39 is 0 Å². The predicted molar refractivity (Wildman–Crippen MR) is 92.0 cm³/mol. The van der Waals surface area contributed by atoms with Gasteiger partial charge < -0.3 is 19.7 Å². The highest BCUT2D eigenvalue weighted by Crippen LogP contribution is 2.36. The summed E-state index contributed by atoms with van der Waals surface area (Å²) in [5, 5.41) is 3.43. The van der Waals surface area contributed by atoms with Crippen LogP contribution in [0.4, 0.5) is 5.95 Å². The maximum atomic E-state index is 6.30. The molecule has 132 valence electrons. The summed E-state index contributed by atoms with van der Waals surface area (Å²) in [4.78, 5) is 11.2. The van der Waals surface area contributed by atoms with Crippen LogP contribution in [0.3, 0.4) is 0 Å². The van der Waals surface area contributed by atoms with Gasteiger partial charge in [-0.1, -0.05) is 0 Å². The van der Waals surface area contributed by atoms with E-state index in [1.54, 1.807) is 12.4 Å². The highest BCUT2D eigenvalue weighted by atomic mass is 16.5. The second-order valence-electron chi connectivity index (χ2n) is 7.51. The summed E-state index contributed by atoms with van der Waals surface area (Å²) in [6, 6.07) is 2.16. The molecule has 1 N–H and O–H groups in total. The molecule has 0 radical (unpaired) electrons. The number of aromatic nitrogens is 2. The largest absolute Gasteiger partial charge is 0.381 e. The topological polar surface area (TPSA) is 59.5 Å². The molecule has 0 aromatic carbocycles. The molecule has 0 saturated carbocycles. The Morgan fingerprint density at radius 1 is 1.25 bits per heavy atom. The van der Waals surface area contributed by atoms with E-state index in [4.69, 9.17) is 9.47 Å². The molecular weight excluding hydrogens is 304 g/mol. The van der Waals surface area contributed by atoms with Crippen molar-refractivity contribution < 1.29 is 9.47 Å². The molecule has 0 aliphatic carbocycles. The van der Waals surface area contributed by atoms with Crippen molar-refractivity contribution in [3.05, 3.63) is 18.5 Å². The molecule has 0 amide bonds. The van der Waals surface area contributed by atoms with E-state index in [2.05, 4.69) is 20.2 Å². The van der Waals surface area contributed by atoms with Crippen LogP contribution in [0.1, 0.15) is 32.1 Å². The van der Waals surface area contributed by atoms with Gasteiger partial charge in [0.05, 0.1) is 18.2 Å². The van der Waals surface area contributed by atoms with Crippen molar-refractivity contribution in [1.82, 2.24) is 14.9 Å². The Bertz CT molecular complexity index is 523. The first-order chi connectivity index (χ1) is 11.8. The Labute approximate surface area is 143 Å². The predicted octanol–water partition coefficient (Wildman–Crippen LogP) is 1.94. The maximum Gasteiger partial charge on any atom is 0.222 e. The molecule has 1 aromatic rings. The second kappa shape index (κ2) is 7.33. The number of hydrogen-bond acceptors (Lipinski definition) is 6. The molecule has 6 nitrogen and oxygen atoms in total. The van der Waals surface area contributed by atoms with E-state index in [1.807, 2.05) is 6.07 Å². The van der Waals surface area contributed by atoms with E-state index in [-0.39, 0.29) is 5.60 Å². The zero-order valence-electron chi connectivity index (χ0n) is 14.3. The monoisotopic (exact) mass is 332 g/mol. The van der Waals surface area contributed by atoms with Crippen molar-refractivity contribution in [2.24, 2.45) is 5.92 Å². The van der Waals surface area contributed by atoms with Crippen LogP contribution in [0.15, 0.2) is 18.5 Å². The zero-order chi connectivity index (χ0) is 16.2. The lowest BCUT2D eigenvalue weighted by molar-refractivity contribution is -0.0580. The van der Waals surface area contributed by atoms with Crippen molar-refractivity contribution in [2.75, 3.05) is 44.8 Å². The van der Waals surface area contributed by atoms with Crippen LogP contribution in [-0.2, 0) is 9.47 Å². The average Bonchev–Trinajstić information content (AvgIpc) is 2.98. The van der Waals surface area contributed by atoms with Gasteiger partial charge in [-0.25, -0.2) is 9.97 Å². The van der Waals surface area contributed by atoms with Crippen molar-refractivity contribution in [3.63, 3.8) is 0 Å².